The monoisotopic (exact) mass is 521 g/mol. The highest BCUT2D eigenvalue weighted by molar-refractivity contribution is 6.39. The SMILES string of the molecule is CC(C)C(CC(=O)c1ccccc1)C(=O)NC(CC(=O)O)C(=O)COC(=O)c1c(Cl)cccc1Cl. The van der Waals surface area contributed by atoms with Crippen molar-refractivity contribution < 1.29 is 33.8 Å². The van der Waals surface area contributed by atoms with E-state index in [0.717, 1.165) is 0 Å². The lowest BCUT2D eigenvalue weighted by atomic mass is 9.87. The maximum Gasteiger partial charge on any atom is 0.341 e. The van der Waals surface area contributed by atoms with E-state index in [9.17, 15) is 29.1 Å². The van der Waals surface area contributed by atoms with Crippen LogP contribution in [0.15, 0.2) is 48.5 Å². The lowest BCUT2D eigenvalue weighted by molar-refractivity contribution is -0.141. The van der Waals surface area contributed by atoms with Gasteiger partial charge in [0.15, 0.2) is 18.2 Å². The summed E-state index contributed by atoms with van der Waals surface area (Å²) in [6, 6.07) is 11.3. The molecule has 0 aromatic heterocycles. The minimum Gasteiger partial charge on any atom is -0.481 e. The first kappa shape index (κ1) is 28.0. The molecule has 1 amide bonds. The highest BCUT2D eigenvalue weighted by Crippen LogP contribution is 2.25. The summed E-state index contributed by atoms with van der Waals surface area (Å²) < 4.78 is 4.97. The first-order chi connectivity index (χ1) is 16.5. The van der Waals surface area contributed by atoms with Crippen LogP contribution in [0.1, 0.15) is 47.4 Å². The van der Waals surface area contributed by atoms with Crippen LogP contribution in [0.25, 0.3) is 0 Å². The number of halogens is 2. The van der Waals surface area contributed by atoms with Crippen molar-refractivity contribution in [1.29, 1.82) is 0 Å². The Morgan fingerprint density at radius 2 is 1.51 bits per heavy atom. The summed E-state index contributed by atoms with van der Waals surface area (Å²) in [5.74, 6) is -5.14. The molecule has 2 atom stereocenters. The van der Waals surface area contributed by atoms with Crippen molar-refractivity contribution in [1.82, 2.24) is 5.32 Å². The van der Waals surface area contributed by atoms with Crippen LogP contribution in [0, 0.1) is 11.8 Å². The molecule has 0 bridgehead atoms. The van der Waals surface area contributed by atoms with E-state index in [1.165, 1.54) is 18.2 Å². The number of ketones is 2. The number of Topliss-reactive ketones (excluding diaryl/α,β-unsaturated/α-hetero) is 2. The van der Waals surface area contributed by atoms with Crippen molar-refractivity contribution in [3.63, 3.8) is 0 Å². The van der Waals surface area contributed by atoms with Crippen molar-refractivity contribution in [2.24, 2.45) is 11.8 Å². The van der Waals surface area contributed by atoms with Gasteiger partial charge in [0.05, 0.1) is 22.0 Å². The molecule has 35 heavy (non-hydrogen) atoms. The predicted octanol–water partition coefficient (Wildman–Crippen LogP) is 4.22. The zero-order valence-corrected chi connectivity index (χ0v) is 20.6. The van der Waals surface area contributed by atoms with E-state index < -0.39 is 48.6 Å². The Labute approximate surface area is 212 Å². The molecule has 0 aliphatic rings. The summed E-state index contributed by atoms with van der Waals surface area (Å²) in [6.07, 6.45) is -0.853. The summed E-state index contributed by atoms with van der Waals surface area (Å²) in [5.41, 5.74) is 0.302. The average molecular weight is 522 g/mol. The molecule has 0 radical (unpaired) electrons. The molecule has 0 heterocycles. The Balaban J connectivity index is 2.09. The Morgan fingerprint density at radius 3 is 2.06 bits per heavy atom. The lowest BCUT2D eigenvalue weighted by Gasteiger charge is -2.23. The third-order valence-corrected chi connectivity index (χ3v) is 5.87. The van der Waals surface area contributed by atoms with Gasteiger partial charge in [-0.3, -0.25) is 19.2 Å². The standard InChI is InChI=1S/C25H25Cl2NO7/c1-14(2)16(11-20(29)15-7-4-3-5-8-15)24(33)28-19(12-22(31)32)21(30)13-35-25(34)23-17(26)9-6-10-18(23)27/h3-10,14,16,19H,11-13H2,1-2H3,(H,28,33)(H,31,32). The molecule has 2 N–H and O–H groups in total. The summed E-state index contributed by atoms with van der Waals surface area (Å²) in [5, 5.41) is 11.7. The molecule has 10 heteroatoms. The second kappa shape index (κ2) is 13.0. The number of carbonyl (C=O) groups is 5. The normalized spacial score (nSPS) is 12.5. The van der Waals surface area contributed by atoms with Gasteiger partial charge in [0, 0.05) is 17.9 Å². The van der Waals surface area contributed by atoms with Crippen LogP contribution in [-0.2, 0) is 19.1 Å². The van der Waals surface area contributed by atoms with Crippen molar-refractivity contribution in [2.45, 2.75) is 32.7 Å². The highest BCUT2D eigenvalue weighted by atomic mass is 35.5. The number of carboxylic acids is 1. The molecule has 2 aromatic rings. The number of rotatable bonds is 12. The van der Waals surface area contributed by atoms with Crippen molar-refractivity contribution in [3.05, 3.63) is 69.7 Å². The van der Waals surface area contributed by atoms with E-state index in [1.807, 2.05) is 0 Å². The van der Waals surface area contributed by atoms with Crippen molar-refractivity contribution >= 4 is 52.6 Å². The van der Waals surface area contributed by atoms with Crippen LogP contribution in [0.5, 0.6) is 0 Å². The first-order valence-electron chi connectivity index (χ1n) is 10.8. The first-order valence-corrected chi connectivity index (χ1v) is 11.5. The Morgan fingerprint density at radius 1 is 0.914 bits per heavy atom. The van der Waals surface area contributed by atoms with Crippen LogP contribution in [0.2, 0.25) is 10.0 Å². The second-order valence-electron chi connectivity index (χ2n) is 8.14. The fourth-order valence-corrected chi connectivity index (χ4v) is 3.83. The number of hydrogen-bond acceptors (Lipinski definition) is 6. The molecule has 2 rings (SSSR count). The zero-order chi connectivity index (χ0) is 26.1. The molecule has 0 saturated heterocycles. The number of ether oxygens (including phenoxy) is 1. The number of nitrogens with one attached hydrogen (secondary N) is 1. The maximum atomic E-state index is 12.9. The van der Waals surface area contributed by atoms with Gasteiger partial charge in [-0.2, -0.15) is 0 Å². The molecule has 0 aliphatic carbocycles. The van der Waals surface area contributed by atoms with E-state index in [4.69, 9.17) is 27.9 Å². The van der Waals surface area contributed by atoms with Crippen LogP contribution in [-0.4, -0.2) is 47.2 Å². The van der Waals surface area contributed by atoms with Crippen LogP contribution in [0.3, 0.4) is 0 Å². The van der Waals surface area contributed by atoms with Crippen LogP contribution < -0.4 is 5.32 Å². The predicted molar refractivity (Wildman–Crippen MR) is 130 cm³/mol. The molecular weight excluding hydrogens is 497 g/mol. The van der Waals surface area contributed by atoms with E-state index in [0.29, 0.717) is 5.56 Å². The number of carbonyl (C=O) groups excluding carboxylic acids is 4. The molecule has 2 unspecified atom stereocenters. The van der Waals surface area contributed by atoms with Gasteiger partial charge >= 0.3 is 11.9 Å². The average Bonchev–Trinajstić information content (AvgIpc) is 2.80. The molecule has 0 saturated carbocycles. The summed E-state index contributed by atoms with van der Waals surface area (Å²) >= 11 is 11.9. The third kappa shape index (κ3) is 8.19. The van der Waals surface area contributed by atoms with Gasteiger partial charge < -0.3 is 15.2 Å². The van der Waals surface area contributed by atoms with Gasteiger partial charge in [-0.15, -0.1) is 0 Å². The minimum absolute atomic E-state index is 0.0215. The highest BCUT2D eigenvalue weighted by Gasteiger charge is 2.31. The maximum absolute atomic E-state index is 12.9. The Bertz CT molecular complexity index is 1080. The number of aliphatic carboxylic acids is 1. The van der Waals surface area contributed by atoms with Crippen LogP contribution in [0.4, 0.5) is 0 Å². The van der Waals surface area contributed by atoms with Crippen molar-refractivity contribution in [2.75, 3.05) is 6.61 Å². The Kier molecular flexibility index (Phi) is 10.4. The minimum atomic E-state index is -1.47. The van der Waals surface area contributed by atoms with Gasteiger partial charge in [0.1, 0.15) is 6.04 Å². The quantitative estimate of drug-likeness (QED) is 0.316. The number of benzene rings is 2. The molecular formula is C25H25Cl2NO7. The number of amides is 1. The fourth-order valence-electron chi connectivity index (χ4n) is 3.27. The van der Waals surface area contributed by atoms with E-state index >= 15 is 0 Å². The lowest BCUT2D eigenvalue weighted by Crippen LogP contribution is -2.47. The summed E-state index contributed by atoms with van der Waals surface area (Å²) in [4.78, 5) is 61.9. The largest absolute Gasteiger partial charge is 0.481 e. The molecule has 2 aromatic carbocycles. The van der Waals surface area contributed by atoms with Gasteiger partial charge in [0.2, 0.25) is 5.91 Å². The van der Waals surface area contributed by atoms with Gasteiger partial charge in [-0.05, 0) is 18.1 Å². The van der Waals surface area contributed by atoms with Crippen molar-refractivity contribution in [3.8, 4) is 0 Å². The molecule has 8 nitrogen and oxygen atoms in total. The summed E-state index contributed by atoms with van der Waals surface area (Å²) in [6.45, 7) is 2.67. The fraction of sp³-hybridized carbons (Fsp3) is 0.320. The number of carboxylic acid groups (broad SMARTS) is 1. The smallest absolute Gasteiger partial charge is 0.341 e. The second-order valence-corrected chi connectivity index (χ2v) is 8.96. The van der Waals surface area contributed by atoms with E-state index in [-0.39, 0.29) is 33.7 Å². The van der Waals surface area contributed by atoms with Gasteiger partial charge in [-0.25, -0.2) is 4.79 Å². The molecule has 0 fully saturated rings. The van der Waals surface area contributed by atoms with Gasteiger partial charge in [-0.1, -0.05) is 73.4 Å². The molecule has 0 aliphatic heterocycles. The number of esters is 1. The van der Waals surface area contributed by atoms with Gasteiger partial charge in [0.25, 0.3) is 0 Å². The van der Waals surface area contributed by atoms with E-state index in [1.54, 1.807) is 44.2 Å². The molecule has 186 valence electrons. The zero-order valence-electron chi connectivity index (χ0n) is 19.1. The Hall–Kier alpha value is -3.23. The van der Waals surface area contributed by atoms with Crippen LogP contribution >= 0.6 is 23.2 Å². The topological polar surface area (TPSA) is 127 Å². The third-order valence-electron chi connectivity index (χ3n) is 5.24. The van der Waals surface area contributed by atoms with E-state index in [2.05, 4.69) is 5.32 Å². The summed E-state index contributed by atoms with van der Waals surface area (Å²) in [7, 11) is 0. The number of hydrogen-bond donors (Lipinski definition) is 2. The molecule has 0 spiro atoms.